The predicted octanol–water partition coefficient (Wildman–Crippen LogP) is 2.99. The Morgan fingerprint density at radius 3 is 2.75 bits per heavy atom. The summed E-state index contributed by atoms with van der Waals surface area (Å²) in [4.78, 5) is 3.92. The van der Waals surface area contributed by atoms with Crippen molar-refractivity contribution in [1.82, 2.24) is 4.98 Å². The molecule has 86 valence electrons. The number of nitriles is 1. The van der Waals surface area contributed by atoms with Crippen molar-refractivity contribution >= 4 is 15.9 Å². The number of nitrogens with zero attached hydrogens (tertiary/aromatic N) is 2. The quantitative estimate of drug-likeness (QED) is 0.801. The number of methoxy groups -OCH3 is 1. The third-order valence-electron chi connectivity index (χ3n) is 2.00. The van der Waals surface area contributed by atoms with E-state index in [9.17, 15) is 8.78 Å². The minimum Gasteiger partial charge on any atom is -0.481 e. The van der Waals surface area contributed by atoms with Crippen LogP contribution in [0.5, 0.6) is 5.88 Å². The van der Waals surface area contributed by atoms with E-state index in [-0.39, 0.29) is 17.9 Å². The maximum absolute atomic E-state index is 12.6. The van der Waals surface area contributed by atoms with Gasteiger partial charge in [0.25, 0.3) is 6.43 Å². The molecule has 6 heteroatoms. The minimum absolute atomic E-state index is 0.0702. The third kappa shape index (κ3) is 2.67. The first kappa shape index (κ1) is 12.8. The molecule has 1 aromatic rings. The fraction of sp³-hybridized carbons (Fsp3) is 0.400. The molecule has 0 aliphatic carbocycles. The summed E-state index contributed by atoms with van der Waals surface area (Å²) in [5.41, 5.74) is 0.789. The molecule has 0 N–H and O–H groups in total. The second kappa shape index (κ2) is 5.75. The van der Waals surface area contributed by atoms with E-state index in [0.29, 0.717) is 16.6 Å². The third-order valence-corrected chi connectivity index (χ3v) is 2.61. The SMILES string of the molecule is COc1nc(CC#N)c(CBr)cc1C(F)F. The van der Waals surface area contributed by atoms with Crippen molar-refractivity contribution in [3.05, 3.63) is 22.9 Å². The van der Waals surface area contributed by atoms with Crippen LogP contribution in [0.3, 0.4) is 0 Å². The second-order valence-corrected chi connectivity index (χ2v) is 3.52. The smallest absolute Gasteiger partial charge is 0.269 e. The first-order valence-corrected chi connectivity index (χ1v) is 5.54. The van der Waals surface area contributed by atoms with Crippen LogP contribution in [0.25, 0.3) is 0 Å². The Kier molecular flexibility index (Phi) is 4.62. The predicted molar refractivity (Wildman–Crippen MR) is 57.7 cm³/mol. The lowest BCUT2D eigenvalue weighted by molar-refractivity contribution is 0.146. The van der Waals surface area contributed by atoms with Gasteiger partial charge in [0.1, 0.15) is 0 Å². The van der Waals surface area contributed by atoms with Gasteiger partial charge in [0.2, 0.25) is 5.88 Å². The van der Waals surface area contributed by atoms with Gasteiger partial charge in [-0.3, -0.25) is 0 Å². The number of hydrogen-bond donors (Lipinski definition) is 0. The first-order valence-electron chi connectivity index (χ1n) is 4.41. The van der Waals surface area contributed by atoms with Gasteiger partial charge in [-0.25, -0.2) is 13.8 Å². The van der Waals surface area contributed by atoms with Gasteiger partial charge in [-0.05, 0) is 11.6 Å². The molecule has 1 aromatic heterocycles. The van der Waals surface area contributed by atoms with Gasteiger partial charge in [-0.15, -0.1) is 0 Å². The van der Waals surface area contributed by atoms with Crippen LogP contribution in [-0.4, -0.2) is 12.1 Å². The van der Waals surface area contributed by atoms with Gasteiger partial charge in [-0.1, -0.05) is 15.9 Å². The summed E-state index contributed by atoms with van der Waals surface area (Å²) in [5, 5.41) is 8.96. The van der Waals surface area contributed by atoms with Crippen LogP contribution in [0.4, 0.5) is 8.78 Å². The largest absolute Gasteiger partial charge is 0.481 e. The van der Waals surface area contributed by atoms with Crippen molar-refractivity contribution in [2.24, 2.45) is 0 Å². The van der Waals surface area contributed by atoms with E-state index in [1.807, 2.05) is 6.07 Å². The normalized spacial score (nSPS) is 10.2. The molecular weight excluding hydrogens is 282 g/mol. The zero-order valence-electron chi connectivity index (χ0n) is 8.51. The van der Waals surface area contributed by atoms with E-state index in [1.54, 1.807) is 0 Å². The molecule has 1 heterocycles. The molecule has 0 saturated carbocycles. The number of alkyl halides is 3. The number of rotatable bonds is 4. The average molecular weight is 291 g/mol. The Bertz CT molecular complexity index is 418. The molecule has 16 heavy (non-hydrogen) atoms. The summed E-state index contributed by atoms with van der Waals surface area (Å²) in [6, 6.07) is 3.25. The highest BCUT2D eigenvalue weighted by Crippen LogP contribution is 2.30. The van der Waals surface area contributed by atoms with E-state index in [0.717, 1.165) is 0 Å². The Morgan fingerprint density at radius 2 is 2.31 bits per heavy atom. The van der Waals surface area contributed by atoms with E-state index in [4.69, 9.17) is 10.00 Å². The van der Waals surface area contributed by atoms with E-state index in [2.05, 4.69) is 20.9 Å². The molecule has 0 unspecified atom stereocenters. The van der Waals surface area contributed by atoms with Crippen molar-refractivity contribution in [1.29, 1.82) is 5.26 Å². The van der Waals surface area contributed by atoms with Gasteiger partial charge < -0.3 is 4.74 Å². The fourth-order valence-corrected chi connectivity index (χ4v) is 1.74. The van der Waals surface area contributed by atoms with Crippen LogP contribution in [0, 0.1) is 11.3 Å². The monoisotopic (exact) mass is 290 g/mol. The summed E-state index contributed by atoms with van der Waals surface area (Å²) in [7, 11) is 1.28. The van der Waals surface area contributed by atoms with Gasteiger partial charge in [-0.2, -0.15) is 5.26 Å². The molecule has 0 aromatic carbocycles. The van der Waals surface area contributed by atoms with Crippen LogP contribution >= 0.6 is 15.9 Å². The van der Waals surface area contributed by atoms with Crippen molar-refractivity contribution in [2.45, 2.75) is 18.2 Å². The van der Waals surface area contributed by atoms with Gasteiger partial charge in [0.05, 0.1) is 30.9 Å². The summed E-state index contributed by atoms with van der Waals surface area (Å²) in [6.45, 7) is 0. The van der Waals surface area contributed by atoms with Crippen molar-refractivity contribution in [3.63, 3.8) is 0 Å². The number of ether oxygens (including phenoxy) is 1. The molecule has 0 atom stereocenters. The summed E-state index contributed by atoms with van der Waals surface area (Å²) in [5.74, 6) is -0.120. The minimum atomic E-state index is -2.64. The lowest BCUT2D eigenvalue weighted by Crippen LogP contribution is -2.03. The van der Waals surface area contributed by atoms with Crippen LogP contribution in [-0.2, 0) is 11.8 Å². The number of pyridine rings is 1. The molecule has 3 nitrogen and oxygen atoms in total. The Labute approximate surface area is 100 Å². The number of halogens is 3. The second-order valence-electron chi connectivity index (χ2n) is 2.96. The molecule has 0 bridgehead atoms. The molecule has 0 aliphatic rings. The van der Waals surface area contributed by atoms with Crippen LogP contribution in [0.2, 0.25) is 0 Å². The highest BCUT2D eigenvalue weighted by atomic mass is 79.9. The number of aromatic nitrogens is 1. The first-order chi connectivity index (χ1) is 7.63. The molecule has 0 spiro atoms. The molecule has 1 rings (SSSR count). The Balaban J connectivity index is 3.29. The van der Waals surface area contributed by atoms with Gasteiger partial charge in [0.15, 0.2) is 0 Å². The lowest BCUT2D eigenvalue weighted by Gasteiger charge is -2.11. The maximum atomic E-state index is 12.6. The van der Waals surface area contributed by atoms with Crippen LogP contribution < -0.4 is 4.74 Å². The molecule has 0 saturated heterocycles. The summed E-state index contributed by atoms with van der Waals surface area (Å²) < 4.78 is 30.1. The van der Waals surface area contributed by atoms with E-state index >= 15 is 0 Å². The molecule has 0 aliphatic heterocycles. The summed E-state index contributed by atoms with van der Waals surface area (Å²) in [6.07, 6.45) is -2.57. The summed E-state index contributed by atoms with van der Waals surface area (Å²) >= 11 is 3.17. The van der Waals surface area contributed by atoms with Gasteiger partial charge >= 0.3 is 0 Å². The van der Waals surface area contributed by atoms with Crippen LogP contribution in [0.1, 0.15) is 23.2 Å². The highest BCUT2D eigenvalue weighted by Gasteiger charge is 2.18. The topological polar surface area (TPSA) is 45.9 Å². The standard InChI is InChI=1S/C10H9BrF2N2O/c1-16-10-7(9(12)13)4-6(5-11)8(15-10)2-3-14/h4,9H,2,5H2,1H3. The van der Waals surface area contributed by atoms with Gasteiger partial charge in [0, 0.05) is 5.33 Å². The zero-order chi connectivity index (χ0) is 12.1. The fourth-order valence-electron chi connectivity index (χ4n) is 1.26. The maximum Gasteiger partial charge on any atom is 0.269 e. The number of hydrogen-bond acceptors (Lipinski definition) is 3. The van der Waals surface area contributed by atoms with E-state index in [1.165, 1.54) is 13.2 Å². The molecule has 0 amide bonds. The molecule has 0 fully saturated rings. The van der Waals surface area contributed by atoms with E-state index < -0.39 is 6.43 Å². The van der Waals surface area contributed by atoms with Crippen LogP contribution in [0.15, 0.2) is 6.07 Å². The average Bonchev–Trinajstić information content (AvgIpc) is 2.28. The zero-order valence-corrected chi connectivity index (χ0v) is 10.1. The van der Waals surface area contributed by atoms with Crippen molar-refractivity contribution in [2.75, 3.05) is 7.11 Å². The highest BCUT2D eigenvalue weighted by molar-refractivity contribution is 9.08. The van der Waals surface area contributed by atoms with Crippen molar-refractivity contribution in [3.8, 4) is 11.9 Å². The Morgan fingerprint density at radius 1 is 1.62 bits per heavy atom. The molecular formula is C10H9BrF2N2O. The molecule has 0 radical (unpaired) electrons. The Hall–Kier alpha value is -1.22. The van der Waals surface area contributed by atoms with Crippen molar-refractivity contribution < 1.29 is 13.5 Å². The lowest BCUT2D eigenvalue weighted by atomic mass is 10.1.